The summed E-state index contributed by atoms with van der Waals surface area (Å²) in [6.45, 7) is 8.32. The maximum Gasteiger partial charge on any atom is 0.272 e. The lowest BCUT2D eigenvalue weighted by atomic mass is 9.56. The highest BCUT2D eigenvalue weighted by molar-refractivity contribution is 7.15. The van der Waals surface area contributed by atoms with Crippen molar-refractivity contribution < 1.29 is 13.9 Å². The number of fused-ring (bicyclic) bond motifs is 3. The second-order valence-corrected chi connectivity index (χ2v) is 20.5. The van der Waals surface area contributed by atoms with E-state index >= 15 is 0 Å². The maximum atomic E-state index is 13.1. The molecule has 3 aliphatic carbocycles. The number of carbonyl (C=O) groups is 1. The number of hydrogen-bond acceptors (Lipinski definition) is 12. The molecule has 0 radical (unpaired) electrons. The minimum Gasteiger partial charge on any atom is -0.490 e. The molecule has 1 N–H and O–H groups in total. The van der Waals surface area contributed by atoms with Gasteiger partial charge in [-0.25, -0.2) is 4.98 Å². The van der Waals surface area contributed by atoms with Crippen LogP contribution in [-0.4, -0.2) is 66.8 Å². The number of aryl methyl sites for hydroxylation is 2. The van der Waals surface area contributed by atoms with Gasteiger partial charge in [0, 0.05) is 41.2 Å². The highest BCUT2D eigenvalue weighted by Gasteiger charge is 2.54. The fraction of sp³-hybridized carbons (Fsp3) is 0.440. The van der Waals surface area contributed by atoms with Gasteiger partial charge in [0.15, 0.2) is 23.2 Å². The van der Waals surface area contributed by atoms with E-state index in [1.54, 1.807) is 48.1 Å². The fourth-order valence-electron chi connectivity index (χ4n) is 11.1. The Bertz CT molecular complexity index is 2810. The Morgan fingerprint density at radius 1 is 1.00 bits per heavy atom. The SMILES string of the molecule is Cc1sc2c(c1C)C(c1ccc(C3CC3C3CC4(CCN(c5ccc(C(=O)N[C@H]6CC[C@H](Oc7ccc(C#N)c(Cl)c7)CC6)nn5)CC4)C3)cc1)=N[C@@H](Cc1ncco1)c1nnc(C)n1-2. The Hall–Kier alpha value is -5.91. The zero-order valence-corrected chi connectivity index (χ0v) is 38.4. The fourth-order valence-corrected chi connectivity index (χ4v) is 12.5. The van der Waals surface area contributed by atoms with Crippen molar-refractivity contribution in [1.29, 1.82) is 5.26 Å². The van der Waals surface area contributed by atoms with Crippen LogP contribution in [0.4, 0.5) is 5.82 Å². The van der Waals surface area contributed by atoms with Crippen molar-refractivity contribution >= 4 is 40.4 Å². The lowest BCUT2D eigenvalue weighted by Crippen LogP contribution is -2.48. The number of hydrogen-bond donors (Lipinski definition) is 1. The average molecular weight is 908 g/mol. The number of nitrogens with zero attached hydrogens (tertiary/aromatic N) is 9. The van der Waals surface area contributed by atoms with E-state index in [4.69, 9.17) is 31.0 Å². The van der Waals surface area contributed by atoms with Crippen LogP contribution in [0.2, 0.25) is 5.02 Å². The van der Waals surface area contributed by atoms with Crippen molar-refractivity contribution in [2.75, 3.05) is 18.0 Å². The van der Waals surface area contributed by atoms with Gasteiger partial charge in [-0.15, -0.1) is 31.7 Å². The van der Waals surface area contributed by atoms with Gasteiger partial charge in [0.05, 0.1) is 35.0 Å². The predicted octanol–water partition coefficient (Wildman–Crippen LogP) is 9.61. The Labute approximate surface area is 387 Å². The highest BCUT2D eigenvalue weighted by atomic mass is 35.5. The molecule has 3 atom stereocenters. The summed E-state index contributed by atoms with van der Waals surface area (Å²) in [7, 11) is 0. The first-order valence-electron chi connectivity index (χ1n) is 23.0. The van der Waals surface area contributed by atoms with Crippen LogP contribution >= 0.6 is 22.9 Å². The van der Waals surface area contributed by atoms with Crippen LogP contribution in [0.5, 0.6) is 5.75 Å². The van der Waals surface area contributed by atoms with E-state index < -0.39 is 0 Å². The molecule has 2 unspecified atom stereocenters. The molecule has 15 heteroatoms. The first kappa shape index (κ1) is 41.8. The van der Waals surface area contributed by atoms with Gasteiger partial charge >= 0.3 is 0 Å². The van der Waals surface area contributed by atoms with Gasteiger partial charge in [-0.1, -0.05) is 35.9 Å². The molecule has 2 aliphatic heterocycles. The Kier molecular flexibility index (Phi) is 10.8. The van der Waals surface area contributed by atoms with Crippen molar-refractivity contribution in [2.45, 2.75) is 109 Å². The van der Waals surface area contributed by atoms with Crippen LogP contribution in [0.1, 0.15) is 130 Å². The molecule has 1 amide bonds. The number of piperidine rings is 1. The summed E-state index contributed by atoms with van der Waals surface area (Å²) in [5, 5.41) is 31.8. The van der Waals surface area contributed by atoms with Gasteiger partial charge in [-0.3, -0.25) is 14.4 Å². The predicted molar refractivity (Wildman–Crippen MR) is 248 cm³/mol. The van der Waals surface area contributed by atoms with Gasteiger partial charge in [0.2, 0.25) is 0 Å². The topological polar surface area (TPSA) is 160 Å². The standard InChI is InChI=1S/C50H51ClN10O3S/c1-28-29(2)65-49-45(28)46(55-42(24-44-53-18-21-63-44)47-59-56-30(3)61(47)49)32-6-4-31(5-7-32)38-23-39(38)34-25-50(26-34)16-19-60(20-17-50)43-15-14-41(57-58-43)48(62)54-35-9-12-36(13-10-35)64-37-11-8-33(27-52)40(51)22-37/h4-8,11,14-15,18,21-22,34-36,38-39,42H,9-10,12-13,16-17,19-20,23-26H2,1-3H3,(H,54,62)/t35-,36-,38?,39?,42-/m0/s1. The number of ether oxygens (including phenoxy) is 1. The molecule has 4 aromatic heterocycles. The summed E-state index contributed by atoms with van der Waals surface area (Å²) >= 11 is 7.96. The summed E-state index contributed by atoms with van der Waals surface area (Å²) in [5.41, 5.74) is 7.16. The normalized spacial score (nSPS) is 23.4. The summed E-state index contributed by atoms with van der Waals surface area (Å²) in [6, 6.07) is 20.0. The highest BCUT2D eigenvalue weighted by Crippen LogP contribution is 2.64. The third-order valence-corrected chi connectivity index (χ3v) is 16.4. The average Bonchev–Trinajstić information content (AvgIpc) is 3.63. The van der Waals surface area contributed by atoms with Crippen LogP contribution < -0.4 is 15.0 Å². The lowest BCUT2D eigenvalue weighted by molar-refractivity contribution is 0.0148. The summed E-state index contributed by atoms with van der Waals surface area (Å²) in [4.78, 5) is 26.6. The number of aromatic nitrogens is 6. The molecule has 5 aliphatic rings. The zero-order chi connectivity index (χ0) is 44.4. The first-order chi connectivity index (χ1) is 31.6. The van der Waals surface area contributed by atoms with Crippen LogP contribution in [0, 0.1) is 49.4 Å². The van der Waals surface area contributed by atoms with Gasteiger partial charge in [-0.2, -0.15) is 5.26 Å². The van der Waals surface area contributed by atoms with E-state index in [0.717, 1.165) is 89.9 Å². The molecule has 11 rings (SSSR count). The quantitative estimate of drug-likeness (QED) is 0.140. The smallest absolute Gasteiger partial charge is 0.272 e. The van der Waals surface area contributed by atoms with Crippen LogP contribution in [0.25, 0.3) is 5.00 Å². The van der Waals surface area contributed by atoms with Crippen molar-refractivity contribution in [3.63, 3.8) is 0 Å². The molecule has 65 heavy (non-hydrogen) atoms. The van der Waals surface area contributed by atoms with E-state index in [9.17, 15) is 4.79 Å². The third kappa shape index (κ3) is 8.01. The Balaban J connectivity index is 0.666. The molecular formula is C50H51ClN10O3S. The second-order valence-electron chi connectivity index (χ2n) is 18.9. The molecule has 13 nitrogen and oxygen atoms in total. The van der Waals surface area contributed by atoms with Gasteiger partial charge in [0.1, 0.15) is 34.9 Å². The number of nitrogens with one attached hydrogen (secondary N) is 1. The van der Waals surface area contributed by atoms with Gasteiger partial charge in [0.25, 0.3) is 5.91 Å². The number of amides is 1. The molecule has 2 aromatic carbocycles. The van der Waals surface area contributed by atoms with Crippen molar-refractivity contribution in [2.24, 2.45) is 22.2 Å². The first-order valence-corrected chi connectivity index (χ1v) is 24.2. The molecule has 1 spiro atoms. The number of halogens is 1. The summed E-state index contributed by atoms with van der Waals surface area (Å²) in [6.07, 6.45) is 13.3. The zero-order valence-electron chi connectivity index (χ0n) is 36.8. The van der Waals surface area contributed by atoms with E-state index in [2.05, 4.69) is 84.3 Å². The van der Waals surface area contributed by atoms with Crippen LogP contribution in [0.15, 0.2) is 76.5 Å². The van der Waals surface area contributed by atoms with E-state index in [-0.39, 0.29) is 24.1 Å². The molecule has 6 aromatic rings. The number of benzene rings is 2. The van der Waals surface area contributed by atoms with Gasteiger partial charge < -0.3 is 19.4 Å². The van der Waals surface area contributed by atoms with Crippen molar-refractivity contribution in [3.8, 4) is 16.8 Å². The monoisotopic (exact) mass is 906 g/mol. The van der Waals surface area contributed by atoms with E-state index in [0.29, 0.717) is 45.7 Å². The van der Waals surface area contributed by atoms with Crippen LogP contribution in [0.3, 0.4) is 0 Å². The van der Waals surface area contributed by atoms with Crippen molar-refractivity contribution in [1.82, 2.24) is 35.3 Å². The summed E-state index contributed by atoms with van der Waals surface area (Å²) < 4.78 is 14.0. The minimum atomic E-state index is -0.282. The molecule has 4 fully saturated rings. The number of oxazole rings is 1. The maximum absolute atomic E-state index is 13.1. The molecular weight excluding hydrogens is 856 g/mol. The summed E-state index contributed by atoms with van der Waals surface area (Å²) in [5.74, 6) is 5.78. The van der Waals surface area contributed by atoms with E-state index in [1.807, 2.05) is 13.0 Å². The largest absolute Gasteiger partial charge is 0.490 e. The Morgan fingerprint density at radius 3 is 2.51 bits per heavy atom. The number of anilines is 1. The van der Waals surface area contributed by atoms with Crippen molar-refractivity contribution in [3.05, 3.63) is 128 Å². The molecule has 0 bridgehead atoms. The van der Waals surface area contributed by atoms with Gasteiger partial charge in [-0.05, 0) is 137 Å². The second kappa shape index (κ2) is 16.8. The number of nitriles is 1. The molecule has 1 saturated heterocycles. The number of aliphatic imine (C=N–C) groups is 1. The van der Waals surface area contributed by atoms with E-state index in [1.165, 1.54) is 48.1 Å². The number of rotatable bonds is 10. The molecule has 3 saturated carbocycles. The number of thiophene rings is 1. The lowest BCUT2D eigenvalue weighted by Gasteiger charge is -2.53. The third-order valence-electron chi connectivity index (χ3n) is 14.9. The van der Waals surface area contributed by atoms with Crippen LogP contribution in [-0.2, 0) is 6.42 Å². The minimum absolute atomic E-state index is 0.0388. The molecule has 6 heterocycles. The Morgan fingerprint density at radius 2 is 1.80 bits per heavy atom. The molecule has 332 valence electrons. The number of carbonyl (C=O) groups excluding carboxylic acids is 1.